The van der Waals surface area contributed by atoms with Crippen molar-refractivity contribution in [3.63, 3.8) is 0 Å². The highest BCUT2D eigenvalue weighted by Crippen LogP contribution is 2.32. The van der Waals surface area contributed by atoms with Crippen molar-refractivity contribution < 1.29 is 9.18 Å². The van der Waals surface area contributed by atoms with E-state index in [1.54, 1.807) is 47.4 Å². The number of hydrogen-bond acceptors (Lipinski definition) is 5. The summed E-state index contributed by atoms with van der Waals surface area (Å²) in [6, 6.07) is 18.9. The number of amides is 1. The normalized spacial score (nSPS) is 11.2. The molecule has 0 aliphatic rings. The second kappa shape index (κ2) is 7.89. The summed E-state index contributed by atoms with van der Waals surface area (Å²) in [5.74, 6) is -0.219. The van der Waals surface area contributed by atoms with E-state index in [1.165, 1.54) is 12.1 Å². The molecule has 0 unspecified atom stereocenters. The van der Waals surface area contributed by atoms with Crippen LogP contribution in [0.4, 0.5) is 10.2 Å². The van der Waals surface area contributed by atoms with Crippen molar-refractivity contribution >= 4 is 23.0 Å². The molecule has 164 valence electrons. The molecule has 5 heterocycles. The van der Waals surface area contributed by atoms with Gasteiger partial charge in [0, 0.05) is 29.7 Å². The van der Waals surface area contributed by atoms with Crippen LogP contribution in [0, 0.1) is 5.82 Å². The molecule has 0 fully saturated rings. The van der Waals surface area contributed by atoms with Crippen LogP contribution in [0.2, 0.25) is 0 Å². The van der Waals surface area contributed by atoms with Gasteiger partial charge in [0.05, 0.1) is 11.9 Å². The fraction of sp³-hybridized carbons (Fsp3) is 0. The van der Waals surface area contributed by atoms with E-state index in [1.807, 2.05) is 40.9 Å². The summed E-state index contributed by atoms with van der Waals surface area (Å²) in [6.07, 6.45) is 6.67. The number of aromatic nitrogens is 6. The molecule has 34 heavy (non-hydrogen) atoms. The first-order valence-corrected chi connectivity index (χ1v) is 10.5. The van der Waals surface area contributed by atoms with Crippen molar-refractivity contribution in [1.29, 1.82) is 0 Å². The molecular weight excluding hydrogens is 433 g/mol. The molecule has 9 heteroatoms. The Labute approximate surface area is 192 Å². The number of carbonyl (C=O) groups excluding carboxylic acids is 1. The van der Waals surface area contributed by atoms with Gasteiger partial charge >= 0.3 is 0 Å². The van der Waals surface area contributed by atoms with E-state index in [2.05, 4.69) is 15.3 Å². The first kappa shape index (κ1) is 19.7. The number of carbonyl (C=O) groups is 1. The van der Waals surface area contributed by atoms with E-state index in [0.29, 0.717) is 28.4 Å². The maximum atomic E-state index is 13.5. The number of pyridine rings is 2. The van der Waals surface area contributed by atoms with Crippen LogP contribution in [0.3, 0.4) is 0 Å². The van der Waals surface area contributed by atoms with Gasteiger partial charge in [-0.1, -0.05) is 6.07 Å². The Balaban J connectivity index is 1.43. The smallest absolute Gasteiger partial charge is 0.256 e. The first-order valence-electron chi connectivity index (χ1n) is 10.5. The molecular formula is C25H16FN7O. The van der Waals surface area contributed by atoms with Crippen molar-refractivity contribution in [3.8, 4) is 22.6 Å². The number of halogens is 1. The highest BCUT2D eigenvalue weighted by Gasteiger charge is 2.18. The second-order valence-corrected chi connectivity index (χ2v) is 7.58. The van der Waals surface area contributed by atoms with E-state index in [-0.39, 0.29) is 11.7 Å². The van der Waals surface area contributed by atoms with Crippen LogP contribution in [0.1, 0.15) is 10.4 Å². The predicted molar refractivity (Wildman–Crippen MR) is 125 cm³/mol. The van der Waals surface area contributed by atoms with E-state index < -0.39 is 0 Å². The maximum absolute atomic E-state index is 13.5. The molecule has 0 aliphatic carbocycles. The Hall–Kier alpha value is -4.92. The lowest BCUT2D eigenvalue weighted by molar-refractivity contribution is 0.102. The fourth-order valence-electron chi connectivity index (χ4n) is 3.81. The average Bonchev–Trinajstić information content (AvgIpc) is 3.45. The molecule has 6 rings (SSSR count). The maximum Gasteiger partial charge on any atom is 0.256 e. The molecule has 0 aliphatic heterocycles. The SMILES string of the molecule is O=C(Nc1cn2nc(-c3c(-c4ccc(F)cc4)nc4ccccn34)ccc2n1)c1ccncc1. The Morgan fingerprint density at radius 3 is 2.53 bits per heavy atom. The van der Waals surface area contributed by atoms with Crippen molar-refractivity contribution in [1.82, 2.24) is 29.0 Å². The quantitative estimate of drug-likeness (QED) is 0.428. The van der Waals surface area contributed by atoms with Gasteiger partial charge in [-0.15, -0.1) is 0 Å². The first-order chi connectivity index (χ1) is 16.7. The predicted octanol–water partition coefficient (Wildman–Crippen LogP) is 4.50. The number of anilines is 1. The number of benzene rings is 1. The number of nitrogens with one attached hydrogen (secondary N) is 1. The van der Waals surface area contributed by atoms with E-state index in [4.69, 9.17) is 10.1 Å². The van der Waals surface area contributed by atoms with Gasteiger partial charge in [-0.25, -0.2) is 18.9 Å². The van der Waals surface area contributed by atoms with Gasteiger partial charge in [-0.05, 0) is 60.7 Å². The zero-order valence-corrected chi connectivity index (χ0v) is 17.6. The lowest BCUT2D eigenvalue weighted by atomic mass is 10.1. The van der Waals surface area contributed by atoms with Crippen LogP contribution in [0.15, 0.2) is 91.5 Å². The number of nitrogens with zero attached hydrogens (tertiary/aromatic N) is 6. The molecule has 0 spiro atoms. The molecule has 0 saturated heterocycles. The molecule has 0 radical (unpaired) electrons. The lowest BCUT2D eigenvalue weighted by Gasteiger charge is -2.05. The summed E-state index contributed by atoms with van der Waals surface area (Å²) in [4.78, 5) is 25.6. The zero-order chi connectivity index (χ0) is 23.1. The van der Waals surface area contributed by atoms with Crippen molar-refractivity contribution in [2.45, 2.75) is 0 Å². The van der Waals surface area contributed by atoms with E-state index in [0.717, 1.165) is 16.9 Å². The standard InChI is InChI=1S/C25H16FN7O/c26-18-6-4-16(5-7-18)23-24(32-14-2-1-3-21(32)30-23)19-8-9-22-28-20(15-33(22)31-19)29-25(34)17-10-12-27-13-11-17/h1-15H,(H,29,34). The van der Waals surface area contributed by atoms with Crippen molar-refractivity contribution in [2.75, 3.05) is 5.32 Å². The number of rotatable bonds is 4. The molecule has 1 N–H and O–H groups in total. The monoisotopic (exact) mass is 449 g/mol. The third-order valence-electron chi connectivity index (χ3n) is 5.39. The van der Waals surface area contributed by atoms with Crippen LogP contribution in [-0.4, -0.2) is 34.9 Å². The topological polar surface area (TPSA) is 89.5 Å². The fourth-order valence-corrected chi connectivity index (χ4v) is 3.81. The lowest BCUT2D eigenvalue weighted by Crippen LogP contribution is -2.11. The summed E-state index contributed by atoms with van der Waals surface area (Å²) in [5.41, 5.74) is 4.67. The molecule has 6 aromatic rings. The number of fused-ring (bicyclic) bond motifs is 2. The molecule has 0 saturated carbocycles. The Bertz CT molecular complexity index is 1660. The number of hydrogen-bond donors (Lipinski definition) is 1. The van der Waals surface area contributed by atoms with E-state index >= 15 is 0 Å². The Morgan fingerprint density at radius 2 is 1.71 bits per heavy atom. The minimum atomic E-state index is -0.312. The minimum absolute atomic E-state index is 0.286. The van der Waals surface area contributed by atoms with Crippen LogP contribution in [0.5, 0.6) is 0 Å². The van der Waals surface area contributed by atoms with Crippen LogP contribution in [0.25, 0.3) is 33.9 Å². The molecule has 5 aromatic heterocycles. The summed E-state index contributed by atoms with van der Waals surface area (Å²) in [5, 5.41) is 7.51. The van der Waals surface area contributed by atoms with Crippen LogP contribution in [-0.2, 0) is 0 Å². The average molecular weight is 449 g/mol. The third kappa shape index (κ3) is 3.45. The second-order valence-electron chi connectivity index (χ2n) is 7.58. The van der Waals surface area contributed by atoms with Gasteiger partial charge in [0.25, 0.3) is 5.91 Å². The summed E-state index contributed by atoms with van der Waals surface area (Å²) in [7, 11) is 0. The molecule has 1 aromatic carbocycles. The summed E-state index contributed by atoms with van der Waals surface area (Å²) >= 11 is 0. The van der Waals surface area contributed by atoms with Crippen molar-refractivity contribution in [2.24, 2.45) is 0 Å². The Morgan fingerprint density at radius 1 is 0.882 bits per heavy atom. The molecule has 8 nitrogen and oxygen atoms in total. The molecule has 0 atom stereocenters. The van der Waals surface area contributed by atoms with Gasteiger partial charge in [0.2, 0.25) is 0 Å². The summed E-state index contributed by atoms with van der Waals surface area (Å²) < 4.78 is 17.1. The van der Waals surface area contributed by atoms with Gasteiger partial charge < -0.3 is 5.32 Å². The van der Waals surface area contributed by atoms with Crippen LogP contribution < -0.4 is 5.32 Å². The van der Waals surface area contributed by atoms with Gasteiger partial charge in [-0.3, -0.25) is 14.2 Å². The highest BCUT2D eigenvalue weighted by molar-refractivity contribution is 6.03. The Kier molecular flexibility index (Phi) is 4.58. The van der Waals surface area contributed by atoms with E-state index in [9.17, 15) is 9.18 Å². The summed E-state index contributed by atoms with van der Waals surface area (Å²) in [6.45, 7) is 0. The van der Waals surface area contributed by atoms with Gasteiger partial charge in [0.15, 0.2) is 11.5 Å². The zero-order valence-electron chi connectivity index (χ0n) is 17.6. The molecule has 0 bridgehead atoms. The van der Waals surface area contributed by atoms with Gasteiger partial charge in [-0.2, -0.15) is 5.10 Å². The van der Waals surface area contributed by atoms with Gasteiger partial charge in [0.1, 0.15) is 22.9 Å². The largest absolute Gasteiger partial charge is 0.305 e. The third-order valence-corrected chi connectivity index (χ3v) is 5.39. The highest BCUT2D eigenvalue weighted by atomic mass is 19.1. The minimum Gasteiger partial charge on any atom is -0.305 e. The molecule has 1 amide bonds. The van der Waals surface area contributed by atoms with Crippen molar-refractivity contribution in [3.05, 3.63) is 103 Å². The number of imidazole rings is 2. The van der Waals surface area contributed by atoms with Crippen LogP contribution >= 0.6 is 0 Å².